The molecule has 0 unspecified atom stereocenters. The Labute approximate surface area is 204 Å². The summed E-state index contributed by atoms with van der Waals surface area (Å²) < 4.78 is 0. The van der Waals surface area contributed by atoms with E-state index in [9.17, 15) is 19.8 Å². The van der Waals surface area contributed by atoms with E-state index < -0.39 is 23.8 Å². The zero-order chi connectivity index (χ0) is 22.8. The molecule has 0 spiro atoms. The van der Waals surface area contributed by atoms with E-state index in [1.807, 2.05) is 72.8 Å². The van der Waals surface area contributed by atoms with Gasteiger partial charge < -0.3 is 19.8 Å². The van der Waals surface area contributed by atoms with Gasteiger partial charge in [0.15, 0.2) is 0 Å². The smallest absolute Gasteiger partial charge is 0.549 e. The molecular formula is C28H22MnO4. The van der Waals surface area contributed by atoms with Gasteiger partial charge in [-0.15, -0.1) is 0 Å². The maximum absolute atomic E-state index is 11.2. The van der Waals surface area contributed by atoms with Crippen LogP contribution in [0.2, 0.25) is 0 Å². The standard InChI is InChI=1S/2C14H12O2.Mn/c2*15-14(16)13(11-7-3-1-4-8-11)12-9-5-2-6-10-12;/h2*1-10,13H,(H,15,16);/q;;+2/p-2. The molecule has 33 heavy (non-hydrogen) atoms. The molecule has 5 heteroatoms. The van der Waals surface area contributed by atoms with Gasteiger partial charge in [0, 0.05) is 11.8 Å². The second-order valence-corrected chi connectivity index (χ2v) is 7.15. The quantitative estimate of drug-likeness (QED) is 0.400. The summed E-state index contributed by atoms with van der Waals surface area (Å²) in [5.74, 6) is -3.53. The van der Waals surface area contributed by atoms with Crippen LogP contribution in [0.15, 0.2) is 121 Å². The van der Waals surface area contributed by atoms with Gasteiger partial charge in [-0.05, 0) is 22.3 Å². The number of benzene rings is 4. The van der Waals surface area contributed by atoms with Gasteiger partial charge in [0.1, 0.15) is 0 Å². The minimum Gasteiger partial charge on any atom is -0.549 e. The second kappa shape index (κ2) is 13.0. The van der Waals surface area contributed by atoms with Crippen molar-refractivity contribution < 1.29 is 36.9 Å². The van der Waals surface area contributed by atoms with Crippen LogP contribution in [0, 0.1) is 0 Å². The van der Waals surface area contributed by atoms with Crippen molar-refractivity contribution in [3.05, 3.63) is 144 Å². The first-order valence-corrected chi connectivity index (χ1v) is 10.2. The molecule has 1 radical (unpaired) electrons. The molecular weight excluding hydrogens is 455 g/mol. The minimum atomic E-state index is -1.07. The van der Waals surface area contributed by atoms with Crippen LogP contribution in [0.25, 0.3) is 0 Å². The van der Waals surface area contributed by atoms with Crippen LogP contribution in [0.5, 0.6) is 0 Å². The first-order chi connectivity index (χ1) is 15.6. The Morgan fingerprint density at radius 1 is 0.424 bits per heavy atom. The predicted molar refractivity (Wildman–Crippen MR) is 119 cm³/mol. The summed E-state index contributed by atoms with van der Waals surface area (Å²) >= 11 is 0. The Morgan fingerprint density at radius 3 is 0.758 bits per heavy atom. The maximum Gasteiger partial charge on any atom is 2.00 e. The number of carboxylic acid groups (broad SMARTS) is 2. The molecule has 0 heterocycles. The van der Waals surface area contributed by atoms with Gasteiger partial charge in [-0.2, -0.15) is 0 Å². The topological polar surface area (TPSA) is 80.3 Å². The minimum absolute atomic E-state index is 0. The molecule has 0 aliphatic heterocycles. The summed E-state index contributed by atoms with van der Waals surface area (Å²) in [4.78, 5) is 22.4. The summed E-state index contributed by atoms with van der Waals surface area (Å²) in [6.07, 6.45) is 0. The fraction of sp³-hybridized carbons (Fsp3) is 0.0714. The van der Waals surface area contributed by atoms with Gasteiger partial charge >= 0.3 is 17.1 Å². The van der Waals surface area contributed by atoms with E-state index in [4.69, 9.17) is 0 Å². The number of carbonyl (C=O) groups is 2. The Morgan fingerprint density at radius 2 is 0.606 bits per heavy atom. The summed E-state index contributed by atoms with van der Waals surface area (Å²) in [5, 5.41) is 22.4. The molecule has 0 aliphatic rings. The van der Waals surface area contributed by atoms with Crippen LogP contribution < -0.4 is 10.2 Å². The van der Waals surface area contributed by atoms with Crippen molar-refractivity contribution in [2.45, 2.75) is 11.8 Å². The van der Waals surface area contributed by atoms with Crippen molar-refractivity contribution in [3.63, 3.8) is 0 Å². The molecule has 0 bridgehead atoms. The van der Waals surface area contributed by atoms with Crippen molar-refractivity contribution in [3.8, 4) is 0 Å². The van der Waals surface area contributed by atoms with Crippen molar-refractivity contribution in [1.82, 2.24) is 0 Å². The van der Waals surface area contributed by atoms with E-state index in [-0.39, 0.29) is 17.1 Å². The van der Waals surface area contributed by atoms with Crippen LogP contribution in [0.3, 0.4) is 0 Å². The zero-order valence-electron chi connectivity index (χ0n) is 17.7. The molecule has 0 N–H and O–H groups in total. The van der Waals surface area contributed by atoms with E-state index >= 15 is 0 Å². The average Bonchev–Trinajstić information content (AvgIpc) is 2.82. The third-order valence-corrected chi connectivity index (χ3v) is 5.00. The maximum atomic E-state index is 11.2. The van der Waals surface area contributed by atoms with Crippen molar-refractivity contribution in [2.75, 3.05) is 0 Å². The molecule has 0 aromatic heterocycles. The van der Waals surface area contributed by atoms with Gasteiger partial charge in [-0.1, -0.05) is 121 Å². The monoisotopic (exact) mass is 477 g/mol. The number of hydrogen-bond acceptors (Lipinski definition) is 4. The molecule has 0 saturated carbocycles. The average molecular weight is 477 g/mol. The number of carbonyl (C=O) groups excluding carboxylic acids is 2. The van der Waals surface area contributed by atoms with Crippen LogP contribution in [-0.2, 0) is 26.7 Å². The molecule has 4 aromatic rings. The van der Waals surface area contributed by atoms with Gasteiger partial charge in [0.2, 0.25) is 0 Å². The molecule has 0 saturated heterocycles. The van der Waals surface area contributed by atoms with E-state index in [0.717, 1.165) is 22.3 Å². The Kier molecular flexibility index (Phi) is 10.1. The second-order valence-electron chi connectivity index (χ2n) is 7.15. The van der Waals surface area contributed by atoms with Crippen molar-refractivity contribution in [2.24, 2.45) is 0 Å². The molecule has 0 atom stereocenters. The first-order valence-electron chi connectivity index (χ1n) is 10.2. The van der Waals surface area contributed by atoms with Gasteiger partial charge in [0.05, 0.1) is 11.9 Å². The fourth-order valence-corrected chi connectivity index (χ4v) is 3.51. The largest absolute Gasteiger partial charge is 2.00 e. The molecule has 4 rings (SSSR count). The Balaban J connectivity index is 0.000000227. The SMILES string of the molecule is O=C([O-])C(c1ccccc1)c1ccccc1.O=C([O-])C(c1ccccc1)c1ccccc1.[Mn+2]. The van der Waals surface area contributed by atoms with Gasteiger partial charge in [-0.25, -0.2) is 0 Å². The normalized spacial score (nSPS) is 10.0. The number of rotatable bonds is 6. The molecule has 4 aromatic carbocycles. The fourth-order valence-electron chi connectivity index (χ4n) is 3.51. The van der Waals surface area contributed by atoms with Crippen molar-refractivity contribution >= 4 is 11.9 Å². The molecule has 0 aliphatic carbocycles. The van der Waals surface area contributed by atoms with Gasteiger partial charge in [0.25, 0.3) is 0 Å². The predicted octanol–water partition coefficient (Wildman–Crippen LogP) is 3.13. The van der Waals surface area contributed by atoms with Gasteiger partial charge in [-0.3, -0.25) is 0 Å². The molecule has 165 valence electrons. The third-order valence-electron chi connectivity index (χ3n) is 5.00. The van der Waals surface area contributed by atoms with E-state index in [2.05, 4.69) is 0 Å². The molecule has 4 nitrogen and oxygen atoms in total. The van der Waals surface area contributed by atoms with E-state index in [0.29, 0.717) is 0 Å². The van der Waals surface area contributed by atoms with Crippen LogP contribution in [0.1, 0.15) is 34.1 Å². The van der Waals surface area contributed by atoms with Crippen LogP contribution in [0.4, 0.5) is 0 Å². The number of hydrogen-bond donors (Lipinski definition) is 0. The van der Waals surface area contributed by atoms with Crippen molar-refractivity contribution in [1.29, 1.82) is 0 Å². The molecule has 0 fully saturated rings. The Hall–Kier alpha value is -3.66. The van der Waals surface area contributed by atoms with Crippen LogP contribution in [-0.4, -0.2) is 11.9 Å². The zero-order valence-corrected chi connectivity index (χ0v) is 18.9. The van der Waals surface area contributed by atoms with E-state index in [1.54, 1.807) is 48.5 Å². The number of carboxylic acids is 2. The third kappa shape index (κ3) is 7.18. The summed E-state index contributed by atoms with van der Waals surface area (Å²) in [7, 11) is 0. The summed E-state index contributed by atoms with van der Waals surface area (Å²) in [5.41, 5.74) is 2.98. The van der Waals surface area contributed by atoms with Crippen LogP contribution >= 0.6 is 0 Å². The molecule has 0 amide bonds. The summed E-state index contributed by atoms with van der Waals surface area (Å²) in [6, 6.07) is 36.5. The Bertz CT molecular complexity index is 946. The van der Waals surface area contributed by atoms with E-state index in [1.165, 1.54) is 0 Å². The summed E-state index contributed by atoms with van der Waals surface area (Å²) in [6.45, 7) is 0. The number of aliphatic carboxylic acids is 2. The first kappa shape index (κ1) is 25.6.